The Morgan fingerprint density at radius 2 is 1.38 bits per heavy atom. The first kappa shape index (κ1) is 15.5. The number of halogens is 1. The fourth-order valence-corrected chi connectivity index (χ4v) is 0.667. The van der Waals surface area contributed by atoms with Crippen LogP contribution in [-0.4, -0.2) is 5.54 Å². The molecule has 0 aliphatic heterocycles. The Hall–Kier alpha value is -0.0100. The first-order chi connectivity index (χ1) is 5.80. The van der Waals surface area contributed by atoms with Crippen molar-refractivity contribution < 1.29 is 0 Å². The molecule has 0 radical (unpaired) electrons. The molecular weight excluding hydrogens is 182 g/mol. The topological polar surface area (TPSA) is 26.0 Å². The summed E-state index contributed by atoms with van der Waals surface area (Å²) in [6, 6.07) is 0. The lowest BCUT2D eigenvalue weighted by molar-refractivity contribution is 0.250. The Kier molecular flexibility index (Phi) is 8.80. The van der Waals surface area contributed by atoms with Crippen molar-refractivity contribution in [3.63, 3.8) is 0 Å². The molecule has 0 aromatic carbocycles. The van der Waals surface area contributed by atoms with Crippen LogP contribution in [0.3, 0.4) is 0 Å². The molecule has 0 aliphatic carbocycles. The minimum absolute atomic E-state index is 0.000000000000000222. The minimum atomic E-state index is 0.000000000000000222. The van der Waals surface area contributed by atoms with Gasteiger partial charge in [-0.3, -0.25) is 0 Å². The third kappa shape index (κ3) is 7.09. The second-order valence-electron chi connectivity index (χ2n) is 4.13. The number of allylic oxidation sites excluding steroid dienone is 1. The van der Waals surface area contributed by atoms with Crippen molar-refractivity contribution in [1.82, 2.24) is 0 Å². The predicted octanol–water partition coefficient (Wildman–Crippen LogP) is 3.77. The molecule has 0 unspecified atom stereocenters. The molecule has 0 saturated heterocycles. The standard InChI is InChI=1S/C8H19N.C3H5Cl/c1-6(2)8(5,9)7(3)4;1-2-3-4/h6-7H,9H2,1-5H3;2-3H,1H3. The van der Waals surface area contributed by atoms with Crippen LogP contribution in [0, 0.1) is 11.8 Å². The van der Waals surface area contributed by atoms with Crippen molar-refractivity contribution in [3.05, 3.63) is 11.6 Å². The Labute approximate surface area is 88.3 Å². The van der Waals surface area contributed by atoms with E-state index in [0.717, 1.165) is 0 Å². The van der Waals surface area contributed by atoms with Crippen LogP contribution < -0.4 is 5.73 Å². The lowest BCUT2D eigenvalue weighted by atomic mass is 9.80. The molecule has 0 amide bonds. The fraction of sp³-hybridized carbons (Fsp3) is 0.818. The van der Waals surface area contributed by atoms with Crippen molar-refractivity contribution in [3.8, 4) is 0 Å². The summed E-state index contributed by atoms with van der Waals surface area (Å²) in [6.45, 7) is 12.6. The number of hydrogen-bond donors (Lipinski definition) is 1. The van der Waals surface area contributed by atoms with E-state index in [2.05, 4.69) is 34.6 Å². The maximum atomic E-state index is 6.00. The van der Waals surface area contributed by atoms with Gasteiger partial charge in [0, 0.05) is 5.54 Å². The van der Waals surface area contributed by atoms with Crippen LogP contribution in [0.1, 0.15) is 41.5 Å². The van der Waals surface area contributed by atoms with Crippen LogP contribution in [0.25, 0.3) is 0 Å². The van der Waals surface area contributed by atoms with Crippen molar-refractivity contribution in [1.29, 1.82) is 0 Å². The van der Waals surface area contributed by atoms with Crippen molar-refractivity contribution in [2.24, 2.45) is 17.6 Å². The third-order valence-electron chi connectivity index (χ3n) is 2.61. The van der Waals surface area contributed by atoms with Gasteiger partial charge in [-0.15, -0.1) is 0 Å². The van der Waals surface area contributed by atoms with E-state index in [0.29, 0.717) is 11.8 Å². The molecule has 0 spiro atoms. The predicted molar refractivity (Wildman–Crippen MR) is 62.9 cm³/mol. The summed E-state index contributed by atoms with van der Waals surface area (Å²) in [4.78, 5) is 0. The second kappa shape index (κ2) is 7.40. The second-order valence-corrected chi connectivity index (χ2v) is 4.39. The van der Waals surface area contributed by atoms with E-state index in [1.165, 1.54) is 5.54 Å². The van der Waals surface area contributed by atoms with Crippen LogP contribution in [-0.2, 0) is 0 Å². The van der Waals surface area contributed by atoms with E-state index < -0.39 is 0 Å². The average molecular weight is 206 g/mol. The van der Waals surface area contributed by atoms with Crippen LogP contribution >= 0.6 is 11.6 Å². The molecule has 0 atom stereocenters. The zero-order chi connectivity index (χ0) is 11.1. The first-order valence-electron chi connectivity index (χ1n) is 4.80. The highest BCUT2D eigenvalue weighted by Gasteiger charge is 2.26. The van der Waals surface area contributed by atoms with E-state index in [4.69, 9.17) is 17.3 Å². The normalized spacial score (nSPS) is 12.2. The first-order valence-corrected chi connectivity index (χ1v) is 5.24. The summed E-state index contributed by atoms with van der Waals surface area (Å²) in [7, 11) is 0. The van der Waals surface area contributed by atoms with Crippen LogP contribution in [0.2, 0.25) is 0 Å². The molecule has 0 aromatic rings. The van der Waals surface area contributed by atoms with Crippen molar-refractivity contribution in [2.45, 2.75) is 47.1 Å². The maximum absolute atomic E-state index is 6.00. The lowest BCUT2D eigenvalue weighted by Gasteiger charge is -2.33. The number of rotatable bonds is 2. The van der Waals surface area contributed by atoms with Gasteiger partial charge in [0.2, 0.25) is 0 Å². The van der Waals surface area contributed by atoms with Gasteiger partial charge in [-0.25, -0.2) is 0 Å². The highest BCUT2D eigenvalue weighted by molar-refractivity contribution is 6.25. The fourth-order valence-electron chi connectivity index (χ4n) is 0.667. The van der Waals surface area contributed by atoms with E-state index in [9.17, 15) is 0 Å². The molecular formula is C11H24ClN. The molecule has 80 valence electrons. The summed E-state index contributed by atoms with van der Waals surface area (Å²) in [6.07, 6.45) is 1.77. The Morgan fingerprint density at radius 1 is 1.15 bits per heavy atom. The summed E-state index contributed by atoms with van der Waals surface area (Å²) < 4.78 is 0. The number of nitrogens with two attached hydrogens (primary N) is 1. The molecule has 0 bridgehead atoms. The van der Waals surface area contributed by atoms with Gasteiger partial charge in [0.25, 0.3) is 0 Å². The Balaban J connectivity index is 0. The third-order valence-corrected chi connectivity index (χ3v) is 2.87. The van der Waals surface area contributed by atoms with Crippen molar-refractivity contribution >= 4 is 11.6 Å². The minimum Gasteiger partial charge on any atom is -0.325 e. The smallest absolute Gasteiger partial charge is 0.0172 e. The molecule has 0 rings (SSSR count). The summed E-state index contributed by atoms with van der Waals surface area (Å²) in [5.41, 5.74) is 7.47. The summed E-state index contributed by atoms with van der Waals surface area (Å²) in [5.74, 6) is 1.13. The molecule has 0 fully saturated rings. The van der Waals surface area contributed by atoms with Crippen LogP contribution in [0.15, 0.2) is 11.6 Å². The van der Waals surface area contributed by atoms with Gasteiger partial charge in [0.15, 0.2) is 0 Å². The molecule has 13 heavy (non-hydrogen) atoms. The molecule has 1 nitrogen and oxygen atoms in total. The highest BCUT2D eigenvalue weighted by Crippen LogP contribution is 2.21. The van der Waals surface area contributed by atoms with E-state index in [1.54, 1.807) is 6.08 Å². The SMILES string of the molecule is CC(C)C(C)(N)C(C)C.CC=CCl. The van der Waals surface area contributed by atoms with E-state index in [1.807, 2.05) is 6.92 Å². The quantitative estimate of drug-likeness (QED) is 0.730. The zero-order valence-electron chi connectivity index (χ0n) is 9.76. The molecule has 0 heterocycles. The molecule has 2 N–H and O–H groups in total. The van der Waals surface area contributed by atoms with E-state index in [-0.39, 0.29) is 5.54 Å². The monoisotopic (exact) mass is 205 g/mol. The van der Waals surface area contributed by atoms with Gasteiger partial charge in [-0.05, 0) is 31.2 Å². The number of hydrogen-bond acceptors (Lipinski definition) is 1. The molecule has 0 aromatic heterocycles. The largest absolute Gasteiger partial charge is 0.325 e. The maximum Gasteiger partial charge on any atom is 0.0172 e. The lowest BCUT2D eigenvalue weighted by Crippen LogP contribution is -2.46. The summed E-state index contributed by atoms with van der Waals surface area (Å²) in [5, 5.41) is 0. The van der Waals surface area contributed by atoms with Gasteiger partial charge in [0.05, 0.1) is 0 Å². The summed E-state index contributed by atoms with van der Waals surface area (Å²) >= 11 is 5.01. The van der Waals surface area contributed by atoms with E-state index >= 15 is 0 Å². The van der Waals surface area contributed by atoms with Gasteiger partial charge in [0.1, 0.15) is 0 Å². The van der Waals surface area contributed by atoms with Gasteiger partial charge in [-0.2, -0.15) is 0 Å². The highest BCUT2D eigenvalue weighted by atomic mass is 35.5. The van der Waals surface area contributed by atoms with Crippen LogP contribution in [0.4, 0.5) is 0 Å². The molecule has 0 saturated carbocycles. The molecule has 2 heteroatoms. The van der Waals surface area contributed by atoms with Gasteiger partial charge in [-0.1, -0.05) is 45.4 Å². The Bertz CT molecular complexity index is 123. The van der Waals surface area contributed by atoms with Crippen molar-refractivity contribution in [2.75, 3.05) is 0 Å². The van der Waals surface area contributed by atoms with Crippen LogP contribution in [0.5, 0.6) is 0 Å². The van der Waals surface area contributed by atoms with Gasteiger partial charge < -0.3 is 5.73 Å². The van der Waals surface area contributed by atoms with Gasteiger partial charge >= 0.3 is 0 Å². The zero-order valence-corrected chi connectivity index (χ0v) is 10.5. The average Bonchev–Trinajstić information content (AvgIpc) is 2.04. The Morgan fingerprint density at radius 3 is 1.38 bits per heavy atom. The molecule has 0 aliphatic rings.